The highest BCUT2D eigenvalue weighted by molar-refractivity contribution is 6.30. The number of halogens is 1. The van der Waals surface area contributed by atoms with E-state index in [4.69, 9.17) is 11.6 Å². The Morgan fingerprint density at radius 1 is 1.30 bits per heavy atom. The summed E-state index contributed by atoms with van der Waals surface area (Å²) in [6, 6.07) is 6.54. The van der Waals surface area contributed by atoms with Crippen LogP contribution in [0, 0.1) is 5.92 Å². The van der Waals surface area contributed by atoms with Gasteiger partial charge in [-0.2, -0.15) is 0 Å². The highest BCUT2D eigenvalue weighted by atomic mass is 35.5. The molecule has 0 heterocycles. The number of amides is 2. The average molecular weight is 295 g/mol. The summed E-state index contributed by atoms with van der Waals surface area (Å²) < 4.78 is 0. The van der Waals surface area contributed by atoms with Crippen LogP contribution in [0.2, 0.25) is 5.02 Å². The molecule has 0 saturated heterocycles. The molecule has 0 aliphatic heterocycles. The number of hydrogen-bond donors (Lipinski definition) is 2. The van der Waals surface area contributed by atoms with E-state index in [1.165, 1.54) is 6.92 Å². The van der Waals surface area contributed by atoms with Crippen molar-refractivity contribution in [2.24, 2.45) is 5.92 Å². The van der Waals surface area contributed by atoms with Crippen LogP contribution in [0.15, 0.2) is 24.3 Å². The topological polar surface area (TPSA) is 58.2 Å². The first-order chi connectivity index (χ1) is 9.56. The molecule has 4 nitrogen and oxygen atoms in total. The molecule has 0 spiro atoms. The van der Waals surface area contributed by atoms with Crippen LogP contribution in [0.25, 0.3) is 0 Å². The van der Waals surface area contributed by atoms with E-state index in [-0.39, 0.29) is 17.7 Å². The zero-order valence-corrected chi connectivity index (χ0v) is 12.2. The Morgan fingerprint density at radius 2 is 2.00 bits per heavy atom. The van der Waals surface area contributed by atoms with E-state index in [0.717, 1.165) is 25.7 Å². The highest BCUT2D eigenvalue weighted by Gasteiger charge is 2.31. The normalized spacial score (nSPS) is 16.7. The van der Waals surface area contributed by atoms with Crippen molar-refractivity contribution >= 4 is 29.1 Å². The minimum Gasteiger partial charge on any atom is -0.344 e. The molecule has 1 fully saturated rings. The zero-order valence-electron chi connectivity index (χ0n) is 11.5. The van der Waals surface area contributed by atoms with Crippen molar-refractivity contribution in [1.82, 2.24) is 5.32 Å². The molecule has 20 heavy (non-hydrogen) atoms. The van der Waals surface area contributed by atoms with Crippen molar-refractivity contribution in [3.63, 3.8) is 0 Å². The van der Waals surface area contributed by atoms with Crippen LogP contribution in [0.4, 0.5) is 5.69 Å². The molecule has 0 radical (unpaired) electrons. The fraction of sp³-hybridized carbons (Fsp3) is 0.467. The summed E-state index contributed by atoms with van der Waals surface area (Å²) in [5, 5.41) is 6.17. The van der Waals surface area contributed by atoms with Gasteiger partial charge in [-0.05, 0) is 37.0 Å². The summed E-state index contributed by atoms with van der Waals surface area (Å²) in [7, 11) is 0. The summed E-state index contributed by atoms with van der Waals surface area (Å²) >= 11 is 5.90. The number of hydrogen-bond acceptors (Lipinski definition) is 2. The molecule has 1 aromatic carbocycles. The molecular weight excluding hydrogens is 276 g/mol. The van der Waals surface area contributed by atoms with Crippen molar-refractivity contribution in [3.05, 3.63) is 29.3 Å². The first kappa shape index (κ1) is 14.9. The van der Waals surface area contributed by atoms with Crippen molar-refractivity contribution < 1.29 is 9.59 Å². The third-order valence-electron chi connectivity index (χ3n) is 3.60. The van der Waals surface area contributed by atoms with Gasteiger partial charge in [-0.1, -0.05) is 30.5 Å². The molecule has 0 unspecified atom stereocenters. The Labute approximate surface area is 123 Å². The maximum absolute atomic E-state index is 12.4. The maximum atomic E-state index is 12.4. The minimum absolute atomic E-state index is 0.172. The standard InChI is InChI=1S/C15H19ClN2O2/c1-10(19)17-14(11-5-2-3-6-11)15(20)18-13-8-4-7-12(16)9-13/h4,7-9,11,14H,2-3,5-6H2,1H3,(H,17,19)(H,18,20)/t14-/m0/s1. The highest BCUT2D eigenvalue weighted by Crippen LogP contribution is 2.28. The number of rotatable bonds is 4. The van der Waals surface area contributed by atoms with Gasteiger partial charge in [-0.3, -0.25) is 9.59 Å². The van der Waals surface area contributed by atoms with Gasteiger partial charge in [0.05, 0.1) is 0 Å². The van der Waals surface area contributed by atoms with Crippen molar-refractivity contribution in [1.29, 1.82) is 0 Å². The quantitative estimate of drug-likeness (QED) is 0.897. The molecule has 2 amide bonds. The Morgan fingerprint density at radius 3 is 2.60 bits per heavy atom. The maximum Gasteiger partial charge on any atom is 0.247 e. The first-order valence-corrected chi connectivity index (χ1v) is 7.27. The second-order valence-electron chi connectivity index (χ2n) is 5.22. The lowest BCUT2D eigenvalue weighted by Gasteiger charge is -2.23. The molecule has 1 aliphatic carbocycles. The SMILES string of the molecule is CC(=O)N[C@H](C(=O)Nc1cccc(Cl)c1)C1CCCC1. The first-order valence-electron chi connectivity index (χ1n) is 6.90. The predicted octanol–water partition coefficient (Wildman–Crippen LogP) is 2.97. The fourth-order valence-corrected chi connectivity index (χ4v) is 2.88. The summed E-state index contributed by atoms with van der Waals surface area (Å²) in [6.45, 7) is 1.44. The molecule has 5 heteroatoms. The lowest BCUT2D eigenvalue weighted by Crippen LogP contribution is -2.47. The number of anilines is 1. The van der Waals surface area contributed by atoms with Gasteiger partial charge in [-0.15, -0.1) is 0 Å². The van der Waals surface area contributed by atoms with Gasteiger partial charge >= 0.3 is 0 Å². The average Bonchev–Trinajstić information content (AvgIpc) is 2.89. The lowest BCUT2D eigenvalue weighted by atomic mass is 9.97. The number of carbonyl (C=O) groups is 2. The van der Waals surface area contributed by atoms with Gasteiger partial charge in [0, 0.05) is 17.6 Å². The summed E-state index contributed by atoms with van der Waals surface area (Å²) in [6.07, 6.45) is 4.19. The molecule has 1 aliphatic rings. The zero-order chi connectivity index (χ0) is 14.5. The van der Waals surface area contributed by atoms with Crippen molar-refractivity contribution in [2.75, 3.05) is 5.32 Å². The second-order valence-corrected chi connectivity index (χ2v) is 5.66. The van der Waals surface area contributed by atoms with Crippen LogP contribution in [0.3, 0.4) is 0 Å². The fourth-order valence-electron chi connectivity index (χ4n) is 2.69. The third-order valence-corrected chi connectivity index (χ3v) is 3.84. The largest absolute Gasteiger partial charge is 0.344 e. The van der Waals surface area contributed by atoms with Gasteiger partial charge < -0.3 is 10.6 Å². The number of benzene rings is 1. The molecular formula is C15H19ClN2O2. The van der Waals surface area contributed by atoms with Crippen LogP contribution in [-0.2, 0) is 9.59 Å². The van der Waals surface area contributed by atoms with Gasteiger partial charge in [0.2, 0.25) is 11.8 Å². The Kier molecular flexibility index (Phi) is 5.01. The van der Waals surface area contributed by atoms with E-state index in [0.29, 0.717) is 10.7 Å². The molecule has 1 atom stereocenters. The van der Waals surface area contributed by atoms with Crippen molar-refractivity contribution in [2.45, 2.75) is 38.6 Å². The second kappa shape index (κ2) is 6.75. The van der Waals surface area contributed by atoms with Crippen LogP contribution in [-0.4, -0.2) is 17.9 Å². The van der Waals surface area contributed by atoms with E-state index in [2.05, 4.69) is 10.6 Å². The van der Waals surface area contributed by atoms with Crippen LogP contribution in [0.1, 0.15) is 32.6 Å². The Balaban J connectivity index is 2.07. The number of carbonyl (C=O) groups excluding carboxylic acids is 2. The molecule has 2 rings (SSSR count). The van der Waals surface area contributed by atoms with Gasteiger partial charge in [0.15, 0.2) is 0 Å². The third kappa shape index (κ3) is 3.97. The van der Waals surface area contributed by atoms with E-state index in [9.17, 15) is 9.59 Å². The number of nitrogens with one attached hydrogen (secondary N) is 2. The Hall–Kier alpha value is -1.55. The molecule has 1 aromatic rings. The summed E-state index contributed by atoms with van der Waals surface area (Å²) in [5.74, 6) is -0.129. The van der Waals surface area contributed by atoms with E-state index >= 15 is 0 Å². The molecule has 0 aromatic heterocycles. The van der Waals surface area contributed by atoms with Crippen molar-refractivity contribution in [3.8, 4) is 0 Å². The minimum atomic E-state index is -0.464. The van der Waals surface area contributed by atoms with Gasteiger partial charge in [0.25, 0.3) is 0 Å². The van der Waals surface area contributed by atoms with Crippen LogP contribution >= 0.6 is 11.6 Å². The van der Waals surface area contributed by atoms with E-state index in [1.54, 1.807) is 24.3 Å². The molecule has 2 N–H and O–H groups in total. The summed E-state index contributed by atoms with van der Waals surface area (Å²) in [5.41, 5.74) is 0.649. The Bertz CT molecular complexity index is 498. The molecule has 0 bridgehead atoms. The van der Waals surface area contributed by atoms with Crippen LogP contribution < -0.4 is 10.6 Å². The molecule has 1 saturated carbocycles. The van der Waals surface area contributed by atoms with E-state index in [1.807, 2.05) is 0 Å². The predicted molar refractivity (Wildman–Crippen MR) is 79.6 cm³/mol. The molecule has 108 valence electrons. The monoisotopic (exact) mass is 294 g/mol. The smallest absolute Gasteiger partial charge is 0.247 e. The summed E-state index contributed by atoms with van der Waals surface area (Å²) in [4.78, 5) is 23.7. The van der Waals surface area contributed by atoms with Crippen LogP contribution in [0.5, 0.6) is 0 Å². The lowest BCUT2D eigenvalue weighted by molar-refractivity contribution is -0.126. The van der Waals surface area contributed by atoms with Gasteiger partial charge in [0.1, 0.15) is 6.04 Å². The van der Waals surface area contributed by atoms with E-state index < -0.39 is 6.04 Å². The van der Waals surface area contributed by atoms with Gasteiger partial charge in [-0.25, -0.2) is 0 Å².